The molecule has 0 amide bonds. The van der Waals surface area contributed by atoms with Crippen LogP contribution in [0.1, 0.15) is 45.4 Å². The summed E-state index contributed by atoms with van der Waals surface area (Å²) in [6.07, 6.45) is 6.43. The van der Waals surface area contributed by atoms with Crippen LogP contribution in [-0.4, -0.2) is 61.0 Å². The summed E-state index contributed by atoms with van der Waals surface area (Å²) in [6.45, 7) is 7.40. The summed E-state index contributed by atoms with van der Waals surface area (Å²) >= 11 is 0. The minimum Gasteiger partial charge on any atom is -0.388 e. The first-order valence-corrected chi connectivity index (χ1v) is 8.48. The molecule has 0 aromatic rings. The molecule has 120 valence electrons. The van der Waals surface area contributed by atoms with Gasteiger partial charge in [-0.1, -0.05) is 12.8 Å². The number of guanidine groups is 1. The number of rotatable bonds is 3. The van der Waals surface area contributed by atoms with E-state index in [1.807, 2.05) is 0 Å². The van der Waals surface area contributed by atoms with Gasteiger partial charge in [0.25, 0.3) is 0 Å². The van der Waals surface area contributed by atoms with Crippen LogP contribution in [0.2, 0.25) is 0 Å². The second-order valence-electron chi connectivity index (χ2n) is 7.08. The number of aliphatic hydroxyl groups is 1. The smallest absolute Gasteiger partial charge is 0.194 e. The van der Waals surface area contributed by atoms with Crippen molar-refractivity contribution in [1.82, 2.24) is 10.2 Å². The van der Waals surface area contributed by atoms with Crippen LogP contribution in [-0.2, 0) is 4.74 Å². The van der Waals surface area contributed by atoms with Crippen molar-refractivity contribution in [3.05, 3.63) is 0 Å². The molecular formula is C16H29N3O2. The molecule has 2 N–H and O–H groups in total. The summed E-state index contributed by atoms with van der Waals surface area (Å²) in [5.41, 5.74) is -0.213. The Morgan fingerprint density at radius 2 is 2.10 bits per heavy atom. The van der Waals surface area contributed by atoms with E-state index in [0.717, 1.165) is 64.5 Å². The number of hydrogen-bond donors (Lipinski definition) is 2. The lowest BCUT2D eigenvalue weighted by atomic mass is 9.87. The molecular weight excluding hydrogens is 266 g/mol. The van der Waals surface area contributed by atoms with Gasteiger partial charge in [-0.25, -0.2) is 0 Å². The van der Waals surface area contributed by atoms with E-state index in [9.17, 15) is 5.11 Å². The zero-order valence-corrected chi connectivity index (χ0v) is 13.2. The van der Waals surface area contributed by atoms with Gasteiger partial charge in [-0.3, -0.25) is 4.99 Å². The van der Waals surface area contributed by atoms with E-state index in [0.29, 0.717) is 12.0 Å². The van der Waals surface area contributed by atoms with Crippen LogP contribution in [0.5, 0.6) is 0 Å². The van der Waals surface area contributed by atoms with Crippen molar-refractivity contribution in [3.63, 3.8) is 0 Å². The third-order valence-corrected chi connectivity index (χ3v) is 5.32. The number of aliphatic imine (C=N–C) groups is 1. The standard InChI is InChI=1S/C16H29N3O2/c1-2-17-14(18-11-16(20)5-3-4-6-16)19-9-7-15(12-19)8-10-21-13-15/h20H,2-13H2,1H3,(H,17,18). The number of nitrogens with zero attached hydrogens (tertiary/aromatic N) is 2. The van der Waals surface area contributed by atoms with Gasteiger partial charge in [0.2, 0.25) is 0 Å². The molecule has 3 aliphatic rings. The molecule has 5 nitrogen and oxygen atoms in total. The van der Waals surface area contributed by atoms with Crippen molar-refractivity contribution in [3.8, 4) is 0 Å². The molecule has 1 spiro atoms. The lowest BCUT2D eigenvalue weighted by Gasteiger charge is -2.26. The predicted octanol–water partition coefficient (Wildman–Crippen LogP) is 1.37. The largest absolute Gasteiger partial charge is 0.388 e. The maximum atomic E-state index is 10.5. The normalized spacial score (nSPS) is 32.3. The van der Waals surface area contributed by atoms with E-state index < -0.39 is 5.60 Å². The van der Waals surface area contributed by atoms with Crippen LogP contribution >= 0.6 is 0 Å². The van der Waals surface area contributed by atoms with Crippen LogP contribution in [0.3, 0.4) is 0 Å². The van der Waals surface area contributed by atoms with Gasteiger partial charge in [0, 0.05) is 31.7 Å². The third kappa shape index (κ3) is 3.34. The van der Waals surface area contributed by atoms with Crippen LogP contribution < -0.4 is 5.32 Å². The maximum absolute atomic E-state index is 10.5. The zero-order valence-electron chi connectivity index (χ0n) is 13.2. The first kappa shape index (κ1) is 15.1. The quantitative estimate of drug-likeness (QED) is 0.610. The third-order valence-electron chi connectivity index (χ3n) is 5.32. The van der Waals surface area contributed by atoms with Crippen LogP contribution in [0.15, 0.2) is 4.99 Å². The van der Waals surface area contributed by atoms with Gasteiger partial charge < -0.3 is 20.1 Å². The van der Waals surface area contributed by atoms with E-state index in [4.69, 9.17) is 9.73 Å². The first-order chi connectivity index (χ1) is 10.1. The number of nitrogens with one attached hydrogen (secondary N) is 1. The summed E-state index contributed by atoms with van der Waals surface area (Å²) in [7, 11) is 0. The van der Waals surface area contributed by atoms with Gasteiger partial charge in [0.1, 0.15) is 0 Å². The summed E-state index contributed by atoms with van der Waals surface area (Å²) < 4.78 is 5.60. The summed E-state index contributed by atoms with van der Waals surface area (Å²) in [6, 6.07) is 0. The fourth-order valence-corrected chi connectivity index (χ4v) is 3.93. The number of likely N-dealkylation sites (tertiary alicyclic amines) is 1. The zero-order chi connectivity index (χ0) is 14.8. The number of hydrogen-bond acceptors (Lipinski definition) is 3. The fourth-order valence-electron chi connectivity index (χ4n) is 3.93. The van der Waals surface area contributed by atoms with Crippen molar-refractivity contribution < 1.29 is 9.84 Å². The SMILES string of the molecule is CCNC(=NCC1(O)CCCC1)N1CCC2(CCOC2)C1. The Balaban J connectivity index is 1.64. The van der Waals surface area contributed by atoms with E-state index in [-0.39, 0.29) is 0 Å². The van der Waals surface area contributed by atoms with Crippen molar-refractivity contribution in [1.29, 1.82) is 0 Å². The molecule has 0 aromatic heterocycles. The minimum absolute atomic E-state index is 0.348. The Morgan fingerprint density at radius 3 is 2.76 bits per heavy atom. The highest BCUT2D eigenvalue weighted by Gasteiger charge is 2.42. The van der Waals surface area contributed by atoms with Crippen molar-refractivity contribution in [2.24, 2.45) is 10.4 Å². The Hall–Kier alpha value is -0.810. The molecule has 3 rings (SSSR count). The highest BCUT2D eigenvalue weighted by molar-refractivity contribution is 5.80. The van der Waals surface area contributed by atoms with E-state index in [1.165, 1.54) is 12.8 Å². The van der Waals surface area contributed by atoms with E-state index in [1.54, 1.807) is 0 Å². The Kier molecular flexibility index (Phi) is 4.41. The highest BCUT2D eigenvalue weighted by Crippen LogP contribution is 2.38. The Bertz CT molecular complexity index is 385. The van der Waals surface area contributed by atoms with Gasteiger partial charge in [0.15, 0.2) is 5.96 Å². The van der Waals surface area contributed by atoms with Crippen molar-refractivity contribution in [2.45, 2.75) is 51.0 Å². The van der Waals surface area contributed by atoms with E-state index in [2.05, 4.69) is 17.1 Å². The summed E-state index contributed by atoms with van der Waals surface area (Å²) in [4.78, 5) is 7.10. The van der Waals surface area contributed by atoms with Crippen LogP contribution in [0.25, 0.3) is 0 Å². The number of ether oxygens (including phenoxy) is 1. The second kappa shape index (κ2) is 6.13. The Morgan fingerprint density at radius 1 is 1.29 bits per heavy atom. The van der Waals surface area contributed by atoms with Crippen LogP contribution in [0, 0.1) is 5.41 Å². The molecule has 21 heavy (non-hydrogen) atoms. The predicted molar refractivity (Wildman–Crippen MR) is 83.5 cm³/mol. The fraction of sp³-hybridized carbons (Fsp3) is 0.938. The molecule has 0 aromatic carbocycles. The molecule has 1 atom stereocenters. The second-order valence-corrected chi connectivity index (χ2v) is 7.08. The van der Waals surface area contributed by atoms with Crippen molar-refractivity contribution in [2.75, 3.05) is 39.4 Å². The molecule has 1 unspecified atom stereocenters. The van der Waals surface area contributed by atoms with Gasteiger partial charge in [0.05, 0.1) is 18.8 Å². The maximum Gasteiger partial charge on any atom is 0.194 e. The van der Waals surface area contributed by atoms with E-state index >= 15 is 0 Å². The van der Waals surface area contributed by atoms with Gasteiger partial charge in [-0.05, 0) is 32.6 Å². The monoisotopic (exact) mass is 295 g/mol. The lowest BCUT2D eigenvalue weighted by Crippen LogP contribution is -2.42. The van der Waals surface area contributed by atoms with Gasteiger partial charge >= 0.3 is 0 Å². The average molecular weight is 295 g/mol. The molecule has 5 heteroatoms. The van der Waals surface area contributed by atoms with Gasteiger partial charge in [-0.2, -0.15) is 0 Å². The Labute approximate surface area is 127 Å². The highest BCUT2D eigenvalue weighted by atomic mass is 16.5. The molecule has 0 bridgehead atoms. The van der Waals surface area contributed by atoms with Crippen molar-refractivity contribution >= 4 is 5.96 Å². The minimum atomic E-state index is -0.561. The molecule has 2 saturated heterocycles. The molecule has 1 aliphatic carbocycles. The first-order valence-electron chi connectivity index (χ1n) is 8.48. The van der Waals surface area contributed by atoms with Gasteiger partial charge in [-0.15, -0.1) is 0 Å². The molecule has 1 saturated carbocycles. The lowest BCUT2D eigenvalue weighted by molar-refractivity contribution is 0.0572. The molecule has 0 radical (unpaired) electrons. The average Bonchev–Trinajstić information content (AvgIpc) is 3.19. The topological polar surface area (TPSA) is 57.1 Å². The molecule has 3 fully saturated rings. The molecule has 2 aliphatic heterocycles. The summed E-state index contributed by atoms with van der Waals surface area (Å²) in [5.74, 6) is 0.974. The van der Waals surface area contributed by atoms with Crippen LogP contribution in [0.4, 0.5) is 0 Å². The summed E-state index contributed by atoms with van der Waals surface area (Å²) in [5, 5.41) is 13.9. The molecule has 2 heterocycles.